The van der Waals surface area contributed by atoms with Gasteiger partial charge >= 0.3 is 0 Å². The van der Waals surface area contributed by atoms with E-state index >= 15 is 0 Å². The lowest BCUT2D eigenvalue weighted by Gasteiger charge is -2.27. The molecule has 0 saturated carbocycles. The smallest absolute Gasteiger partial charge is 0.159 e. The van der Waals surface area contributed by atoms with E-state index in [1.807, 2.05) is 0 Å². The minimum absolute atomic E-state index is 0.845. The van der Waals surface area contributed by atoms with E-state index in [1.54, 1.807) is 0 Å². The monoisotopic (exact) mass is 715 g/mol. The maximum atomic E-state index is 7.02. The highest BCUT2D eigenvalue weighted by Gasteiger charge is 2.22. The van der Waals surface area contributed by atoms with Gasteiger partial charge in [-0.15, -0.1) is 0 Å². The van der Waals surface area contributed by atoms with Crippen LogP contribution >= 0.6 is 0 Å². The maximum absolute atomic E-state index is 7.02. The fourth-order valence-electron chi connectivity index (χ4n) is 8.05. The lowest BCUT2D eigenvalue weighted by Crippen LogP contribution is -2.10. The predicted molar refractivity (Wildman–Crippen MR) is 236 cm³/mol. The third-order valence-electron chi connectivity index (χ3n) is 10.7. The van der Waals surface area contributed by atoms with Crippen molar-refractivity contribution in [3.8, 4) is 55.6 Å². The summed E-state index contributed by atoms with van der Waals surface area (Å²) in [5, 5.41) is 2.18. The Hall–Kier alpha value is -7.42. The van der Waals surface area contributed by atoms with Crippen molar-refractivity contribution in [1.29, 1.82) is 0 Å². The van der Waals surface area contributed by atoms with Crippen LogP contribution in [0, 0.1) is 0 Å². The lowest BCUT2D eigenvalue weighted by molar-refractivity contribution is 0.670. The largest absolute Gasteiger partial charge is 0.453 e. The zero-order valence-corrected chi connectivity index (χ0v) is 30.7. The molecule has 0 radical (unpaired) electrons. The van der Waals surface area contributed by atoms with Crippen molar-refractivity contribution in [1.82, 2.24) is 0 Å². The molecule has 0 amide bonds. The van der Waals surface area contributed by atoms with Crippen LogP contribution in [0.25, 0.3) is 77.6 Å². The van der Waals surface area contributed by atoms with E-state index in [0.717, 1.165) is 66.8 Å². The molecule has 0 spiro atoms. The topological polar surface area (TPSA) is 16.4 Å². The summed E-state index contributed by atoms with van der Waals surface area (Å²) in [6.45, 7) is 0. The molecule has 264 valence electrons. The summed E-state index contributed by atoms with van der Waals surface area (Å²) < 4.78 is 7.02. The van der Waals surface area contributed by atoms with Crippen LogP contribution in [0.5, 0.6) is 0 Å². The number of para-hydroxylation sites is 2. The lowest BCUT2D eigenvalue weighted by atomic mass is 9.93. The van der Waals surface area contributed by atoms with Crippen molar-refractivity contribution in [2.75, 3.05) is 4.90 Å². The highest BCUT2D eigenvalue weighted by Crippen LogP contribution is 2.46. The first kappa shape index (κ1) is 33.2. The molecule has 2 heteroatoms. The standard InChI is InChI=1S/C54H37NO/c1-5-17-38(18-6-1)45-25-13-14-26-46(45)42-31-33-43(34-32-42)55(44-35-36-47(39-19-7-2-8-20-39)51(37-44)41-23-11-4-12-24-41)52-30-16-29-50-49-28-15-27-48(53(49)56-54(50)52)40-21-9-3-10-22-40/h1-37H. The van der Waals surface area contributed by atoms with Gasteiger partial charge in [-0.05, 0) is 80.4 Å². The van der Waals surface area contributed by atoms with Crippen molar-refractivity contribution in [2.24, 2.45) is 0 Å². The van der Waals surface area contributed by atoms with Crippen LogP contribution in [-0.2, 0) is 0 Å². The number of benzene rings is 9. The zero-order valence-electron chi connectivity index (χ0n) is 30.7. The normalized spacial score (nSPS) is 11.2. The Bertz CT molecular complexity index is 2930. The summed E-state index contributed by atoms with van der Waals surface area (Å²) >= 11 is 0. The third kappa shape index (κ3) is 6.04. The van der Waals surface area contributed by atoms with Crippen molar-refractivity contribution in [3.63, 3.8) is 0 Å². The van der Waals surface area contributed by atoms with Crippen LogP contribution < -0.4 is 4.90 Å². The van der Waals surface area contributed by atoms with Crippen molar-refractivity contribution < 1.29 is 4.42 Å². The summed E-state index contributed by atoms with van der Waals surface area (Å²) in [5.74, 6) is 0. The van der Waals surface area contributed by atoms with Gasteiger partial charge in [-0.25, -0.2) is 0 Å². The van der Waals surface area contributed by atoms with Crippen LogP contribution in [0.4, 0.5) is 17.1 Å². The third-order valence-corrected chi connectivity index (χ3v) is 10.7. The SMILES string of the molecule is c1ccc(-c2ccccc2-c2ccc(N(c3ccc(-c4ccccc4)c(-c4ccccc4)c3)c3cccc4c3oc3c(-c5ccccc5)cccc34)cc2)cc1. The van der Waals surface area contributed by atoms with Gasteiger partial charge in [0.25, 0.3) is 0 Å². The highest BCUT2D eigenvalue weighted by molar-refractivity contribution is 6.13. The Morgan fingerprint density at radius 2 is 0.679 bits per heavy atom. The molecule has 56 heavy (non-hydrogen) atoms. The van der Waals surface area contributed by atoms with Crippen LogP contribution in [0.2, 0.25) is 0 Å². The molecule has 0 N–H and O–H groups in total. The molecule has 0 aliphatic carbocycles. The first-order valence-electron chi connectivity index (χ1n) is 19.1. The van der Waals surface area contributed by atoms with Gasteiger partial charge in [0, 0.05) is 27.7 Å². The summed E-state index contributed by atoms with van der Waals surface area (Å²) in [6.07, 6.45) is 0. The molecule has 0 atom stereocenters. The number of hydrogen-bond acceptors (Lipinski definition) is 2. The van der Waals surface area contributed by atoms with Crippen molar-refractivity contribution in [2.45, 2.75) is 0 Å². The van der Waals surface area contributed by atoms with Gasteiger partial charge in [-0.2, -0.15) is 0 Å². The Morgan fingerprint density at radius 3 is 1.25 bits per heavy atom. The summed E-state index contributed by atoms with van der Waals surface area (Å²) in [5.41, 5.74) is 16.4. The number of fused-ring (bicyclic) bond motifs is 3. The average molecular weight is 716 g/mol. The van der Waals surface area contributed by atoms with Gasteiger partial charge in [0.15, 0.2) is 5.58 Å². The Kier molecular flexibility index (Phi) is 8.55. The molecule has 0 fully saturated rings. The molecule has 9 aromatic carbocycles. The minimum atomic E-state index is 0.845. The Balaban J connectivity index is 1.19. The molecule has 10 rings (SSSR count). The summed E-state index contributed by atoms with van der Waals surface area (Å²) in [7, 11) is 0. The van der Waals surface area contributed by atoms with E-state index in [-0.39, 0.29) is 0 Å². The molecule has 0 aliphatic rings. The first-order valence-corrected chi connectivity index (χ1v) is 19.1. The molecular formula is C54H37NO. The van der Waals surface area contributed by atoms with E-state index in [2.05, 4.69) is 229 Å². The van der Waals surface area contributed by atoms with Gasteiger partial charge in [0.1, 0.15) is 5.58 Å². The van der Waals surface area contributed by atoms with Gasteiger partial charge < -0.3 is 9.32 Å². The molecule has 10 aromatic rings. The van der Waals surface area contributed by atoms with E-state index in [4.69, 9.17) is 4.42 Å². The van der Waals surface area contributed by atoms with Crippen molar-refractivity contribution >= 4 is 39.0 Å². The average Bonchev–Trinajstić information content (AvgIpc) is 3.68. The van der Waals surface area contributed by atoms with E-state index < -0.39 is 0 Å². The molecule has 2 nitrogen and oxygen atoms in total. The molecule has 1 aromatic heterocycles. The van der Waals surface area contributed by atoms with Crippen LogP contribution in [-0.4, -0.2) is 0 Å². The second-order valence-electron chi connectivity index (χ2n) is 14.1. The molecule has 0 bridgehead atoms. The second-order valence-corrected chi connectivity index (χ2v) is 14.1. The Labute approximate surface area is 327 Å². The predicted octanol–water partition coefficient (Wildman–Crippen LogP) is 15.4. The van der Waals surface area contributed by atoms with Crippen molar-refractivity contribution in [3.05, 3.63) is 224 Å². The van der Waals surface area contributed by atoms with Gasteiger partial charge in [0.2, 0.25) is 0 Å². The quantitative estimate of drug-likeness (QED) is 0.156. The highest BCUT2D eigenvalue weighted by atomic mass is 16.3. The number of nitrogens with zero attached hydrogens (tertiary/aromatic N) is 1. The molecule has 1 heterocycles. The van der Waals surface area contributed by atoms with Gasteiger partial charge in [0.05, 0.1) is 5.69 Å². The summed E-state index contributed by atoms with van der Waals surface area (Å²) in [4.78, 5) is 2.35. The number of rotatable bonds is 8. The summed E-state index contributed by atoms with van der Waals surface area (Å²) in [6, 6.07) is 79.8. The first-order chi connectivity index (χ1) is 27.8. The van der Waals surface area contributed by atoms with Crippen LogP contribution in [0.3, 0.4) is 0 Å². The molecule has 0 aliphatic heterocycles. The van der Waals surface area contributed by atoms with E-state index in [0.29, 0.717) is 0 Å². The molecular weight excluding hydrogens is 679 g/mol. The van der Waals surface area contributed by atoms with E-state index in [1.165, 1.54) is 27.8 Å². The maximum Gasteiger partial charge on any atom is 0.159 e. The second kappa shape index (κ2) is 14.4. The van der Waals surface area contributed by atoms with Crippen LogP contribution in [0.15, 0.2) is 229 Å². The zero-order chi connectivity index (χ0) is 37.3. The molecule has 0 unspecified atom stereocenters. The van der Waals surface area contributed by atoms with Gasteiger partial charge in [-0.1, -0.05) is 194 Å². The van der Waals surface area contributed by atoms with E-state index in [9.17, 15) is 0 Å². The Morgan fingerprint density at radius 1 is 0.268 bits per heavy atom. The number of hydrogen-bond donors (Lipinski definition) is 0. The number of anilines is 3. The fourth-order valence-corrected chi connectivity index (χ4v) is 8.05. The fraction of sp³-hybridized carbons (Fsp3) is 0. The van der Waals surface area contributed by atoms with Crippen LogP contribution in [0.1, 0.15) is 0 Å². The number of furan rings is 1. The molecule has 0 saturated heterocycles. The minimum Gasteiger partial charge on any atom is -0.453 e. The van der Waals surface area contributed by atoms with Gasteiger partial charge in [-0.3, -0.25) is 0 Å².